The Morgan fingerprint density at radius 1 is 1.31 bits per heavy atom. The van der Waals surface area contributed by atoms with Crippen molar-refractivity contribution in [1.82, 2.24) is 20.1 Å². The molecule has 0 radical (unpaired) electrons. The molecule has 7 heteroatoms. The lowest BCUT2D eigenvalue weighted by Crippen LogP contribution is -2.25. The van der Waals surface area contributed by atoms with E-state index in [-0.39, 0.29) is 5.91 Å². The second-order valence-electron chi connectivity index (χ2n) is 6.26. The first-order valence-corrected chi connectivity index (χ1v) is 9.73. The summed E-state index contributed by atoms with van der Waals surface area (Å²) in [5.74, 6) is 2.18. The van der Waals surface area contributed by atoms with Crippen molar-refractivity contribution in [3.05, 3.63) is 53.8 Å². The first-order chi connectivity index (χ1) is 12.7. The molecule has 0 saturated heterocycles. The van der Waals surface area contributed by atoms with E-state index in [9.17, 15) is 4.79 Å². The van der Waals surface area contributed by atoms with Crippen LogP contribution in [0.15, 0.2) is 52.2 Å². The number of furan rings is 1. The number of nitrogens with one attached hydrogen (secondary N) is 1. The largest absolute Gasteiger partial charge is 0.461 e. The average molecular weight is 368 g/mol. The minimum Gasteiger partial charge on any atom is -0.461 e. The number of aromatic nitrogens is 3. The molecule has 0 atom stereocenters. The van der Waals surface area contributed by atoms with Crippen molar-refractivity contribution < 1.29 is 9.21 Å². The van der Waals surface area contributed by atoms with E-state index in [4.69, 9.17) is 4.42 Å². The molecule has 0 spiro atoms. The zero-order valence-corrected chi connectivity index (χ0v) is 15.3. The number of rotatable bonds is 7. The van der Waals surface area contributed by atoms with Crippen LogP contribution in [0.5, 0.6) is 0 Å². The van der Waals surface area contributed by atoms with Crippen molar-refractivity contribution in [1.29, 1.82) is 0 Å². The van der Waals surface area contributed by atoms with Gasteiger partial charge in [0.05, 0.1) is 6.26 Å². The first kappa shape index (κ1) is 16.9. The number of hydrogen-bond acceptors (Lipinski definition) is 5. The third-order valence-corrected chi connectivity index (χ3v) is 5.28. The predicted octanol–water partition coefficient (Wildman–Crippen LogP) is 3.74. The molecule has 1 fully saturated rings. The molecular weight excluding hydrogens is 348 g/mol. The number of benzene rings is 1. The monoisotopic (exact) mass is 368 g/mol. The van der Waals surface area contributed by atoms with Gasteiger partial charge < -0.3 is 9.73 Å². The Kier molecular flexibility index (Phi) is 4.79. The molecule has 1 amide bonds. The standard InChI is InChI=1S/C19H20N4O2S/c1-2-23-17(16-7-4-10-25-16)21-22-19(23)26-12-13-5-3-6-14(11-13)18(24)20-15-8-9-15/h3-7,10-11,15H,2,8-9,12H2,1H3,(H,20,24). The van der Waals surface area contributed by atoms with Gasteiger partial charge in [0.2, 0.25) is 0 Å². The van der Waals surface area contributed by atoms with Gasteiger partial charge in [-0.25, -0.2) is 0 Å². The topological polar surface area (TPSA) is 73.0 Å². The zero-order chi connectivity index (χ0) is 17.9. The third-order valence-electron chi connectivity index (χ3n) is 4.24. The molecule has 1 saturated carbocycles. The SMILES string of the molecule is CCn1c(SCc2cccc(C(=O)NC3CC3)c2)nnc1-c1ccco1. The van der Waals surface area contributed by atoms with Crippen LogP contribution in [-0.4, -0.2) is 26.7 Å². The third kappa shape index (κ3) is 3.67. The van der Waals surface area contributed by atoms with Crippen LogP contribution >= 0.6 is 11.8 Å². The van der Waals surface area contributed by atoms with Crippen LogP contribution in [0.25, 0.3) is 11.6 Å². The minimum absolute atomic E-state index is 0.0104. The quantitative estimate of drug-likeness (QED) is 0.643. The van der Waals surface area contributed by atoms with E-state index in [1.165, 1.54) is 0 Å². The molecular formula is C19H20N4O2S. The summed E-state index contributed by atoms with van der Waals surface area (Å²) >= 11 is 1.61. The van der Waals surface area contributed by atoms with E-state index in [1.54, 1.807) is 18.0 Å². The van der Waals surface area contributed by atoms with Gasteiger partial charge in [-0.15, -0.1) is 10.2 Å². The summed E-state index contributed by atoms with van der Waals surface area (Å²) in [6.45, 7) is 2.82. The van der Waals surface area contributed by atoms with Crippen LogP contribution in [0.2, 0.25) is 0 Å². The number of carbonyl (C=O) groups excluding carboxylic acids is 1. The first-order valence-electron chi connectivity index (χ1n) is 8.74. The molecule has 1 aliphatic carbocycles. The highest BCUT2D eigenvalue weighted by atomic mass is 32.2. The number of amides is 1. The fraction of sp³-hybridized carbons (Fsp3) is 0.316. The lowest BCUT2D eigenvalue weighted by Gasteiger charge is -2.07. The Bertz CT molecular complexity index is 900. The molecule has 26 heavy (non-hydrogen) atoms. The van der Waals surface area contributed by atoms with Crippen molar-refractivity contribution >= 4 is 17.7 Å². The van der Waals surface area contributed by atoms with Crippen LogP contribution in [0.4, 0.5) is 0 Å². The summed E-state index contributed by atoms with van der Waals surface area (Å²) in [7, 11) is 0. The van der Waals surface area contributed by atoms with Crippen LogP contribution in [0.3, 0.4) is 0 Å². The van der Waals surface area contributed by atoms with Gasteiger partial charge >= 0.3 is 0 Å². The van der Waals surface area contributed by atoms with Crippen molar-refractivity contribution in [2.75, 3.05) is 0 Å². The van der Waals surface area contributed by atoms with Crippen LogP contribution in [0, 0.1) is 0 Å². The highest BCUT2D eigenvalue weighted by Crippen LogP contribution is 2.27. The van der Waals surface area contributed by atoms with Crippen molar-refractivity contribution in [3.8, 4) is 11.6 Å². The number of nitrogens with zero attached hydrogens (tertiary/aromatic N) is 3. The maximum absolute atomic E-state index is 12.2. The van der Waals surface area contributed by atoms with E-state index >= 15 is 0 Å². The molecule has 1 aromatic carbocycles. The molecule has 2 aromatic heterocycles. The summed E-state index contributed by atoms with van der Waals surface area (Å²) in [6.07, 6.45) is 3.81. The lowest BCUT2D eigenvalue weighted by molar-refractivity contribution is 0.0951. The Labute approximate surface area is 156 Å². The van der Waals surface area contributed by atoms with Crippen molar-refractivity contribution in [3.63, 3.8) is 0 Å². The van der Waals surface area contributed by atoms with Gasteiger partial charge in [-0.2, -0.15) is 0 Å². The normalized spacial score (nSPS) is 13.7. The van der Waals surface area contributed by atoms with Gasteiger partial charge in [-0.05, 0) is 49.6 Å². The van der Waals surface area contributed by atoms with Crippen LogP contribution < -0.4 is 5.32 Å². The summed E-state index contributed by atoms with van der Waals surface area (Å²) in [4.78, 5) is 12.2. The van der Waals surface area contributed by atoms with Crippen molar-refractivity contribution in [2.24, 2.45) is 0 Å². The van der Waals surface area contributed by atoms with E-state index in [0.29, 0.717) is 17.4 Å². The lowest BCUT2D eigenvalue weighted by atomic mass is 10.1. The Morgan fingerprint density at radius 3 is 2.92 bits per heavy atom. The smallest absolute Gasteiger partial charge is 0.251 e. The molecule has 6 nitrogen and oxygen atoms in total. The van der Waals surface area contributed by atoms with Gasteiger partial charge in [-0.1, -0.05) is 23.9 Å². The maximum Gasteiger partial charge on any atom is 0.251 e. The fourth-order valence-electron chi connectivity index (χ4n) is 2.72. The van der Waals surface area contributed by atoms with E-state index < -0.39 is 0 Å². The highest BCUT2D eigenvalue weighted by molar-refractivity contribution is 7.98. The average Bonchev–Trinajstić information content (AvgIpc) is 3.16. The Morgan fingerprint density at radius 2 is 2.19 bits per heavy atom. The second-order valence-corrected chi connectivity index (χ2v) is 7.21. The molecule has 0 unspecified atom stereocenters. The predicted molar refractivity (Wildman–Crippen MR) is 99.9 cm³/mol. The van der Waals surface area contributed by atoms with Crippen LogP contribution in [0.1, 0.15) is 35.7 Å². The number of thioether (sulfide) groups is 1. The molecule has 134 valence electrons. The molecule has 0 bridgehead atoms. The van der Waals surface area contributed by atoms with E-state index in [1.807, 2.05) is 41.0 Å². The summed E-state index contributed by atoms with van der Waals surface area (Å²) in [5.41, 5.74) is 1.80. The van der Waals surface area contributed by atoms with Gasteiger partial charge in [0, 0.05) is 23.9 Å². The van der Waals surface area contributed by atoms with Crippen molar-refractivity contribution in [2.45, 2.75) is 43.3 Å². The van der Waals surface area contributed by atoms with Gasteiger partial charge in [0.25, 0.3) is 5.91 Å². The zero-order valence-electron chi connectivity index (χ0n) is 14.5. The summed E-state index contributed by atoms with van der Waals surface area (Å²) in [5, 5.41) is 12.4. The Hall–Kier alpha value is -2.54. The minimum atomic E-state index is 0.0104. The number of carbonyl (C=O) groups is 1. The molecule has 0 aliphatic heterocycles. The molecule has 2 heterocycles. The van der Waals surface area contributed by atoms with Crippen LogP contribution in [-0.2, 0) is 12.3 Å². The molecule has 4 rings (SSSR count). The van der Waals surface area contributed by atoms with E-state index in [2.05, 4.69) is 22.4 Å². The molecule has 3 aromatic rings. The second kappa shape index (κ2) is 7.37. The fourth-order valence-corrected chi connectivity index (χ4v) is 3.66. The Balaban J connectivity index is 1.46. The molecule has 1 N–H and O–H groups in total. The summed E-state index contributed by atoms with van der Waals surface area (Å²) < 4.78 is 7.47. The van der Waals surface area contributed by atoms with Gasteiger partial charge in [-0.3, -0.25) is 9.36 Å². The molecule has 1 aliphatic rings. The maximum atomic E-state index is 12.2. The summed E-state index contributed by atoms with van der Waals surface area (Å²) in [6, 6.07) is 11.8. The van der Waals surface area contributed by atoms with Gasteiger partial charge in [0.1, 0.15) is 0 Å². The highest BCUT2D eigenvalue weighted by Gasteiger charge is 2.23. The van der Waals surface area contributed by atoms with Gasteiger partial charge in [0.15, 0.2) is 16.7 Å². The van der Waals surface area contributed by atoms with E-state index in [0.717, 1.165) is 41.7 Å². The number of hydrogen-bond donors (Lipinski definition) is 1.